The highest BCUT2D eigenvalue weighted by atomic mass is 19.4. The molecule has 0 aliphatic rings. The van der Waals surface area contributed by atoms with Crippen LogP contribution in [0.3, 0.4) is 0 Å². The second-order valence-corrected chi connectivity index (χ2v) is 5.60. The maximum Gasteiger partial charge on any atom is 0.416 e. The van der Waals surface area contributed by atoms with Crippen molar-refractivity contribution in [2.24, 2.45) is 5.73 Å². The van der Waals surface area contributed by atoms with Crippen LogP contribution < -0.4 is 5.73 Å². The summed E-state index contributed by atoms with van der Waals surface area (Å²) >= 11 is 0. The van der Waals surface area contributed by atoms with Crippen LogP contribution in [0, 0.1) is 13.8 Å². The molecule has 2 aromatic rings. The molecule has 1 unspecified atom stereocenters. The molecule has 4 heteroatoms. The maximum atomic E-state index is 12.7. The smallest absolute Gasteiger partial charge is 0.318 e. The van der Waals surface area contributed by atoms with Crippen molar-refractivity contribution in [2.75, 3.05) is 0 Å². The van der Waals surface area contributed by atoms with Gasteiger partial charge in [-0.05, 0) is 49.6 Å². The summed E-state index contributed by atoms with van der Waals surface area (Å²) in [6.07, 6.45) is -4.34. The van der Waals surface area contributed by atoms with Crippen LogP contribution in [0.4, 0.5) is 13.2 Å². The summed E-state index contributed by atoms with van der Waals surface area (Å²) in [6.45, 7) is 5.43. The molecule has 0 saturated heterocycles. The largest absolute Gasteiger partial charge is 0.416 e. The lowest BCUT2D eigenvalue weighted by atomic mass is 9.82. The molecular weight excluding hydrogens is 275 g/mol. The molecule has 0 aromatic heterocycles. The first-order valence-electron chi connectivity index (χ1n) is 6.67. The van der Waals surface area contributed by atoms with Gasteiger partial charge in [0.2, 0.25) is 0 Å². The molecule has 0 heterocycles. The predicted octanol–water partition coefficient (Wildman–Crippen LogP) is 4.54. The van der Waals surface area contributed by atoms with Crippen molar-refractivity contribution in [1.82, 2.24) is 0 Å². The second kappa shape index (κ2) is 5.19. The predicted molar refractivity (Wildman–Crippen MR) is 78.0 cm³/mol. The van der Waals surface area contributed by atoms with E-state index in [1.54, 1.807) is 6.92 Å². The monoisotopic (exact) mass is 293 g/mol. The van der Waals surface area contributed by atoms with Gasteiger partial charge >= 0.3 is 6.18 Å². The topological polar surface area (TPSA) is 26.0 Å². The standard InChI is InChI=1S/C17H18F3N/c1-11-5-4-6-13(9-11)16(3,21)15-8-7-14(10-12(15)2)17(18,19)20/h4-10H,21H2,1-3H3. The number of halogens is 3. The summed E-state index contributed by atoms with van der Waals surface area (Å²) in [5.74, 6) is 0. The first-order valence-corrected chi connectivity index (χ1v) is 6.67. The van der Waals surface area contributed by atoms with E-state index in [9.17, 15) is 13.2 Å². The maximum absolute atomic E-state index is 12.7. The quantitative estimate of drug-likeness (QED) is 0.864. The van der Waals surface area contributed by atoms with Crippen molar-refractivity contribution in [3.8, 4) is 0 Å². The van der Waals surface area contributed by atoms with E-state index in [0.717, 1.165) is 23.3 Å². The molecule has 2 N–H and O–H groups in total. The van der Waals surface area contributed by atoms with E-state index in [1.807, 2.05) is 38.1 Å². The molecule has 1 nitrogen and oxygen atoms in total. The number of alkyl halides is 3. The van der Waals surface area contributed by atoms with E-state index >= 15 is 0 Å². The molecule has 0 spiro atoms. The molecule has 1 atom stereocenters. The Bertz CT molecular complexity index is 657. The molecule has 112 valence electrons. The number of aryl methyl sites for hydroxylation is 2. The van der Waals surface area contributed by atoms with E-state index in [1.165, 1.54) is 6.07 Å². The fourth-order valence-electron chi connectivity index (χ4n) is 2.55. The fourth-order valence-corrected chi connectivity index (χ4v) is 2.55. The average molecular weight is 293 g/mol. The van der Waals surface area contributed by atoms with Crippen molar-refractivity contribution in [3.05, 3.63) is 70.3 Å². The van der Waals surface area contributed by atoms with Gasteiger partial charge < -0.3 is 5.73 Å². The zero-order valence-electron chi connectivity index (χ0n) is 12.3. The summed E-state index contributed by atoms with van der Waals surface area (Å²) in [4.78, 5) is 0. The molecule has 0 amide bonds. The van der Waals surface area contributed by atoms with Gasteiger partial charge in [0, 0.05) is 0 Å². The van der Waals surface area contributed by atoms with Gasteiger partial charge in [0.15, 0.2) is 0 Å². The van der Waals surface area contributed by atoms with Crippen LogP contribution in [0.2, 0.25) is 0 Å². The lowest BCUT2D eigenvalue weighted by molar-refractivity contribution is -0.137. The van der Waals surface area contributed by atoms with Gasteiger partial charge in [0.1, 0.15) is 0 Å². The number of hydrogen-bond acceptors (Lipinski definition) is 1. The van der Waals surface area contributed by atoms with Crippen molar-refractivity contribution in [3.63, 3.8) is 0 Å². The molecule has 0 fully saturated rings. The van der Waals surface area contributed by atoms with Crippen LogP contribution in [0.15, 0.2) is 42.5 Å². The second-order valence-electron chi connectivity index (χ2n) is 5.60. The summed E-state index contributed by atoms with van der Waals surface area (Å²) in [7, 11) is 0. The molecule has 0 saturated carbocycles. The van der Waals surface area contributed by atoms with Crippen molar-refractivity contribution >= 4 is 0 Å². The van der Waals surface area contributed by atoms with Crippen LogP contribution >= 0.6 is 0 Å². The number of benzene rings is 2. The minimum atomic E-state index is -4.34. The van der Waals surface area contributed by atoms with E-state index in [4.69, 9.17) is 5.73 Å². The Labute approximate surface area is 122 Å². The third-order valence-electron chi connectivity index (χ3n) is 3.73. The minimum absolute atomic E-state index is 0.538. The molecule has 0 aliphatic heterocycles. The zero-order valence-corrected chi connectivity index (χ0v) is 12.3. The third kappa shape index (κ3) is 3.10. The fraction of sp³-hybridized carbons (Fsp3) is 0.294. The van der Waals surface area contributed by atoms with E-state index in [-0.39, 0.29) is 0 Å². The first kappa shape index (κ1) is 15.6. The van der Waals surface area contributed by atoms with Gasteiger partial charge in [0.05, 0.1) is 11.1 Å². The molecule has 2 rings (SSSR count). The van der Waals surface area contributed by atoms with Crippen LogP contribution in [-0.4, -0.2) is 0 Å². The Kier molecular flexibility index (Phi) is 3.85. The minimum Gasteiger partial charge on any atom is -0.318 e. The van der Waals surface area contributed by atoms with Gasteiger partial charge in [-0.25, -0.2) is 0 Å². The molecule has 21 heavy (non-hydrogen) atoms. The number of nitrogens with two attached hydrogens (primary N) is 1. The van der Waals surface area contributed by atoms with Crippen molar-refractivity contribution in [2.45, 2.75) is 32.5 Å². The highest BCUT2D eigenvalue weighted by Gasteiger charge is 2.32. The van der Waals surface area contributed by atoms with E-state index < -0.39 is 17.3 Å². The molecule has 0 bridgehead atoms. The zero-order chi connectivity index (χ0) is 15.8. The highest BCUT2D eigenvalue weighted by molar-refractivity contribution is 5.44. The Morgan fingerprint density at radius 3 is 2.10 bits per heavy atom. The molecule has 0 aliphatic carbocycles. The SMILES string of the molecule is Cc1cccc(C(C)(N)c2ccc(C(F)(F)F)cc2C)c1. The van der Waals surface area contributed by atoms with Crippen LogP contribution in [0.25, 0.3) is 0 Å². The Morgan fingerprint density at radius 1 is 0.905 bits per heavy atom. The summed E-state index contributed by atoms with van der Waals surface area (Å²) in [6, 6.07) is 11.4. The highest BCUT2D eigenvalue weighted by Crippen LogP contribution is 2.34. The number of hydrogen-bond donors (Lipinski definition) is 1. The molecule has 0 radical (unpaired) electrons. The van der Waals surface area contributed by atoms with Gasteiger partial charge in [-0.15, -0.1) is 0 Å². The number of rotatable bonds is 2. The Balaban J connectivity index is 2.50. The Morgan fingerprint density at radius 2 is 1.57 bits per heavy atom. The van der Waals surface area contributed by atoms with Crippen molar-refractivity contribution in [1.29, 1.82) is 0 Å². The van der Waals surface area contributed by atoms with Crippen LogP contribution in [0.5, 0.6) is 0 Å². The third-order valence-corrected chi connectivity index (χ3v) is 3.73. The molecular formula is C17H18F3N. The van der Waals surface area contributed by atoms with Crippen LogP contribution in [0.1, 0.15) is 34.7 Å². The summed E-state index contributed by atoms with van der Waals surface area (Å²) in [5, 5.41) is 0. The van der Waals surface area contributed by atoms with Gasteiger partial charge in [-0.1, -0.05) is 35.9 Å². The van der Waals surface area contributed by atoms with Crippen LogP contribution in [-0.2, 0) is 11.7 Å². The first-order chi connectivity index (χ1) is 9.62. The van der Waals surface area contributed by atoms with Gasteiger partial charge in [-0.3, -0.25) is 0 Å². The van der Waals surface area contributed by atoms with Gasteiger partial charge in [-0.2, -0.15) is 13.2 Å². The summed E-state index contributed by atoms with van der Waals surface area (Å²) in [5.41, 5.74) is 8.10. The lowest BCUT2D eigenvalue weighted by Gasteiger charge is -2.28. The lowest BCUT2D eigenvalue weighted by Crippen LogP contribution is -2.35. The van der Waals surface area contributed by atoms with E-state index in [2.05, 4.69) is 0 Å². The Hall–Kier alpha value is -1.81. The average Bonchev–Trinajstić information content (AvgIpc) is 2.37. The normalized spacial score (nSPS) is 14.8. The van der Waals surface area contributed by atoms with Gasteiger partial charge in [0.25, 0.3) is 0 Å². The molecule has 2 aromatic carbocycles. The van der Waals surface area contributed by atoms with Crippen molar-refractivity contribution < 1.29 is 13.2 Å². The van der Waals surface area contributed by atoms with E-state index in [0.29, 0.717) is 11.1 Å². The summed E-state index contributed by atoms with van der Waals surface area (Å²) < 4.78 is 38.2.